The molecule has 1 saturated heterocycles. The zero-order valence-electron chi connectivity index (χ0n) is 11.4. The van der Waals surface area contributed by atoms with Crippen molar-refractivity contribution in [2.75, 3.05) is 33.7 Å². The molecule has 0 unspecified atom stereocenters. The molecule has 1 atom stereocenters. The van der Waals surface area contributed by atoms with Crippen LogP contribution in [0.4, 0.5) is 0 Å². The summed E-state index contributed by atoms with van der Waals surface area (Å²) in [5.41, 5.74) is 0. The summed E-state index contributed by atoms with van der Waals surface area (Å²) < 4.78 is 0. The van der Waals surface area contributed by atoms with Crippen LogP contribution in [0, 0.1) is 0 Å². The molecular weight excluding hydrogens is 218 g/mol. The van der Waals surface area contributed by atoms with Crippen molar-refractivity contribution in [3.05, 3.63) is 0 Å². The highest BCUT2D eigenvalue weighted by Gasteiger charge is 2.35. The lowest BCUT2D eigenvalue weighted by Gasteiger charge is -2.43. The number of hydrogen-bond acceptors (Lipinski definition) is 3. The topological polar surface area (TPSA) is 43.9 Å². The minimum Gasteiger partial charge on any atom is -0.347 e. The zero-order valence-corrected chi connectivity index (χ0v) is 11.4. The normalized spacial score (nSPS) is 21.8. The Morgan fingerprint density at radius 1 is 1.24 bits per heavy atom. The number of nitrogens with zero attached hydrogens (tertiary/aromatic N) is 3. The fourth-order valence-electron chi connectivity index (χ4n) is 2.22. The lowest BCUT2D eigenvalue weighted by atomic mass is 10.1. The van der Waals surface area contributed by atoms with Crippen molar-refractivity contribution in [3.63, 3.8) is 0 Å². The number of carbonyl (C=O) groups is 2. The second kappa shape index (κ2) is 5.49. The molecule has 0 saturated carbocycles. The predicted molar refractivity (Wildman–Crippen MR) is 66.6 cm³/mol. The van der Waals surface area contributed by atoms with Gasteiger partial charge in [-0.15, -0.1) is 0 Å². The molecular formula is C12H23N3O2. The van der Waals surface area contributed by atoms with Crippen molar-refractivity contribution in [2.45, 2.75) is 32.9 Å². The molecule has 0 aromatic carbocycles. The highest BCUT2D eigenvalue weighted by molar-refractivity contribution is 5.83. The molecule has 1 fully saturated rings. The fraction of sp³-hybridized carbons (Fsp3) is 0.833. The first kappa shape index (κ1) is 14.0. The largest absolute Gasteiger partial charge is 0.347 e. The summed E-state index contributed by atoms with van der Waals surface area (Å²) in [6.45, 7) is 7.71. The molecule has 0 spiro atoms. The summed E-state index contributed by atoms with van der Waals surface area (Å²) in [5.74, 6) is 0.120. The summed E-state index contributed by atoms with van der Waals surface area (Å²) in [6.07, 6.45) is 0. The number of hydrogen-bond donors (Lipinski definition) is 0. The van der Waals surface area contributed by atoms with E-state index in [9.17, 15) is 9.59 Å². The third-order valence-electron chi connectivity index (χ3n) is 3.26. The lowest BCUT2D eigenvalue weighted by molar-refractivity contribution is -0.142. The Labute approximate surface area is 103 Å². The van der Waals surface area contributed by atoms with Crippen LogP contribution in [0.3, 0.4) is 0 Å². The number of likely N-dealkylation sites (N-methyl/N-ethyl adjacent to an activating group) is 1. The molecule has 98 valence electrons. The Bertz CT molecular complexity index is 302. The zero-order chi connectivity index (χ0) is 13.2. The first-order valence-electron chi connectivity index (χ1n) is 6.07. The van der Waals surface area contributed by atoms with E-state index in [0.29, 0.717) is 19.1 Å². The average Bonchev–Trinajstić information content (AvgIpc) is 2.26. The van der Waals surface area contributed by atoms with Gasteiger partial charge in [-0.05, 0) is 13.8 Å². The van der Waals surface area contributed by atoms with Gasteiger partial charge in [0.15, 0.2) is 0 Å². The van der Waals surface area contributed by atoms with Crippen molar-refractivity contribution >= 4 is 11.8 Å². The maximum atomic E-state index is 12.1. The number of carbonyl (C=O) groups excluding carboxylic acids is 2. The van der Waals surface area contributed by atoms with Gasteiger partial charge >= 0.3 is 0 Å². The van der Waals surface area contributed by atoms with Gasteiger partial charge in [-0.25, -0.2) is 0 Å². The predicted octanol–water partition coefficient (Wildman–Crippen LogP) is 0.0157. The van der Waals surface area contributed by atoms with E-state index in [0.717, 1.165) is 6.54 Å². The summed E-state index contributed by atoms with van der Waals surface area (Å²) in [7, 11) is 3.51. The van der Waals surface area contributed by atoms with E-state index >= 15 is 0 Å². The Balaban J connectivity index is 2.83. The number of rotatable bonds is 2. The summed E-state index contributed by atoms with van der Waals surface area (Å²) in [5, 5.41) is 0. The summed E-state index contributed by atoms with van der Waals surface area (Å²) in [4.78, 5) is 29.0. The smallest absolute Gasteiger partial charge is 0.241 e. The second-order valence-electron chi connectivity index (χ2n) is 5.05. The van der Waals surface area contributed by atoms with Crippen molar-refractivity contribution < 1.29 is 9.59 Å². The summed E-state index contributed by atoms with van der Waals surface area (Å²) >= 11 is 0. The Morgan fingerprint density at radius 2 is 1.82 bits per heavy atom. The van der Waals surface area contributed by atoms with Crippen molar-refractivity contribution in [1.82, 2.24) is 14.7 Å². The molecule has 1 aliphatic heterocycles. The van der Waals surface area contributed by atoms with Crippen molar-refractivity contribution in [3.8, 4) is 0 Å². The Kier molecular flexibility index (Phi) is 4.51. The molecule has 0 aromatic rings. The standard InChI is InChI=1S/C12H23N3O2/c1-9(2)15-7-6-14(10(3)16)8-11(15)12(17)13(4)5/h9,11H,6-8H2,1-5H3/t11-/m1/s1. The quantitative estimate of drug-likeness (QED) is 0.684. The lowest BCUT2D eigenvalue weighted by Crippen LogP contribution is -2.61. The van der Waals surface area contributed by atoms with Crippen LogP contribution in [0.2, 0.25) is 0 Å². The van der Waals surface area contributed by atoms with Gasteiger partial charge in [-0.3, -0.25) is 14.5 Å². The van der Waals surface area contributed by atoms with E-state index in [1.807, 2.05) is 0 Å². The van der Waals surface area contributed by atoms with E-state index in [1.54, 1.807) is 30.8 Å². The molecule has 0 aromatic heterocycles. The fourth-order valence-corrected chi connectivity index (χ4v) is 2.22. The molecule has 1 heterocycles. The maximum absolute atomic E-state index is 12.1. The molecule has 5 nitrogen and oxygen atoms in total. The van der Waals surface area contributed by atoms with E-state index < -0.39 is 0 Å². The Hall–Kier alpha value is -1.10. The van der Waals surface area contributed by atoms with Gasteiger partial charge in [0.2, 0.25) is 11.8 Å². The summed E-state index contributed by atoms with van der Waals surface area (Å²) in [6, 6.07) is 0.112. The van der Waals surface area contributed by atoms with Gasteiger partial charge in [0, 0.05) is 46.7 Å². The first-order valence-corrected chi connectivity index (χ1v) is 6.07. The first-order chi connectivity index (χ1) is 7.84. The number of amides is 2. The minimum absolute atomic E-state index is 0.0463. The van der Waals surface area contributed by atoms with Crippen LogP contribution in [0.15, 0.2) is 0 Å². The van der Waals surface area contributed by atoms with E-state index in [2.05, 4.69) is 18.7 Å². The van der Waals surface area contributed by atoms with Crippen LogP contribution >= 0.6 is 0 Å². The molecule has 17 heavy (non-hydrogen) atoms. The van der Waals surface area contributed by atoms with Gasteiger partial charge < -0.3 is 9.80 Å². The van der Waals surface area contributed by atoms with E-state index in [1.165, 1.54) is 0 Å². The molecule has 5 heteroatoms. The van der Waals surface area contributed by atoms with Gasteiger partial charge in [0.25, 0.3) is 0 Å². The van der Waals surface area contributed by atoms with Gasteiger partial charge in [-0.1, -0.05) is 0 Å². The molecule has 1 rings (SSSR count). The van der Waals surface area contributed by atoms with Crippen LogP contribution in [-0.2, 0) is 9.59 Å². The highest BCUT2D eigenvalue weighted by Crippen LogP contribution is 2.15. The molecule has 0 bridgehead atoms. The van der Waals surface area contributed by atoms with Gasteiger partial charge in [-0.2, -0.15) is 0 Å². The third-order valence-corrected chi connectivity index (χ3v) is 3.26. The van der Waals surface area contributed by atoms with Crippen LogP contribution in [-0.4, -0.2) is 72.3 Å². The molecule has 1 aliphatic rings. The third kappa shape index (κ3) is 3.19. The maximum Gasteiger partial charge on any atom is 0.241 e. The molecule has 0 N–H and O–H groups in total. The van der Waals surface area contributed by atoms with Gasteiger partial charge in [0.1, 0.15) is 6.04 Å². The second-order valence-corrected chi connectivity index (χ2v) is 5.05. The van der Waals surface area contributed by atoms with Crippen molar-refractivity contribution in [1.29, 1.82) is 0 Å². The van der Waals surface area contributed by atoms with Crippen LogP contribution in [0.5, 0.6) is 0 Å². The highest BCUT2D eigenvalue weighted by atomic mass is 16.2. The van der Waals surface area contributed by atoms with Gasteiger partial charge in [0.05, 0.1) is 0 Å². The Morgan fingerprint density at radius 3 is 2.24 bits per heavy atom. The van der Waals surface area contributed by atoms with Crippen LogP contribution in [0.25, 0.3) is 0 Å². The average molecular weight is 241 g/mol. The van der Waals surface area contributed by atoms with Crippen LogP contribution < -0.4 is 0 Å². The van der Waals surface area contributed by atoms with E-state index in [-0.39, 0.29) is 17.9 Å². The molecule has 0 aliphatic carbocycles. The minimum atomic E-state index is -0.206. The molecule has 2 amide bonds. The monoisotopic (exact) mass is 241 g/mol. The molecule has 0 radical (unpaired) electrons. The van der Waals surface area contributed by atoms with Crippen LogP contribution in [0.1, 0.15) is 20.8 Å². The van der Waals surface area contributed by atoms with E-state index in [4.69, 9.17) is 0 Å². The SMILES string of the molecule is CC(=O)N1CCN(C(C)C)[C@@H](C(=O)N(C)C)C1. The van der Waals surface area contributed by atoms with Crippen molar-refractivity contribution in [2.24, 2.45) is 0 Å². The number of piperazine rings is 1.